The van der Waals surface area contributed by atoms with E-state index in [0.29, 0.717) is 0 Å². The van der Waals surface area contributed by atoms with Gasteiger partial charge in [-0.25, -0.2) is 0 Å². The van der Waals surface area contributed by atoms with Crippen molar-refractivity contribution in [2.24, 2.45) is 0 Å². The van der Waals surface area contributed by atoms with Gasteiger partial charge in [0.05, 0.1) is 0 Å². The first kappa shape index (κ1) is 22.3. The van der Waals surface area contributed by atoms with Crippen LogP contribution in [0, 0.1) is 0 Å². The molecule has 0 amide bonds. The molecule has 168 valence electrons. The molecule has 0 aliphatic rings. The summed E-state index contributed by atoms with van der Waals surface area (Å²) in [4.78, 5) is 0. The molecule has 4 aromatic rings. The van der Waals surface area contributed by atoms with E-state index in [9.17, 15) is 20.4 Å². The molecule has 0 aromatic heterocycles. The maximum absolute atomic E-state index is 9.89. The van der Waals surface area contributed by atoms with E-state index < -0.39 is 0 Å². The van der Waals surface area contributed by atoms with Crippen LogP contribution in [0.15, 0.2) is 97.1 Å². The number of rotatable bonds is 7. The zero-order chi connectivity index (χ0) is 23.4. The lowest BCUT2D eigenvalue weighted by Gasteiger charge is -2.34. The molecule has 0 spiro atoms. The summed E-state index contributed by atoms with van der Waals surface area (Å²) in [6.45, 7) is 2.17. The topological polar surface area (TPSA) is 80.9 Å². The Morgan fingerprint density at radius 3 is 1.30 bits per heavy atom. The lowest BCUT2D eigenvalue weighted by atomic mass is 9.70. The van der Waals surface area contributed by atoms with Crippen LogP contribution in [0.4, 0.5) is 0 Å². The minimum atomic E-state index is 0.0356. The molecule has 3 atom stereocenters. The molecule has 0 heterocycles. The molecule has 0 saturated heterocycles. The van der Waals surface area contributed by atoms with Crippen LogP contribution in [-0.4, -0.2) is 20.4 Å². The number of hydrogen-bond acceptors (Lipinski definition) is 4. The highest BCUT2D eigenvalue weighted by Crippen LogP contribution is 2.45. The highest BCUT2D eigenvalue weighted by atomic mass is 16.3. The monoisotopic (exact) mass is 440 g/mol. The van der Waals surface area contributed by atoms with Gasteiger partial charge in [0.15, 0.2) is 0 Å². The molecule has 4 heteroatoms. The normalized spacial score (nSPS) is 13.8. The Balaban J connectivity index is 1.83. The van der Waals surface area contributed by atoms with Crippen molar-refractivity contribution in [3.05, 3.63) is 119 Å². The van der Waals surface area contributed by atoms with Crippen LogP contribution >= 0.6 is 0 Å². The summed E-state index contributed by atoms with van der Waals surface area (Å²) in [6, 6.07) is 29.2. The quantitative estimate of drug-likeness (QED) is 0.267. The molecular weight excluding hydrogens is 412 g/mol. The predicted octanol–water partition coefficient (Wildman–Crippen LogP) is 6.42. The average molecular weight is 441 g/mol. The number of phenols is 4. The molecule has 0 aliphatic heterocycles. The van der Waals surface area contributed by atoms with Gasteiger partial charge in [0, 0.05) is 0 Å². The minimum Gasteiger partial charge on any atom is -0.508 e. The second-order valence-corrected chi connectivity index (χ2v) is 8.57. The highest BCUT2D eigenvalue weighted by molar-refractivity contribution is 5.40. The molecule has 0 saturated carbocycles. The average Bonchev–Trinajstić information content (AvgIpc) is 2.82. The molecule has 0 radical (unpaired) electrons. The summed E-state index contributed by atoms with van der Waals surface area (Å²) in [7, 11) is 0. The number of hydrogen-bond donors (Lipinski definition) is 4. The van der Waals surface area contributed by atoms with E-state index in [-0.39, 0.29) is 40.8 Å². The summed E-state index contributed by atoms with van der Waals surface area (Å²) in [6.07, 6.45) is 0.721. The predicted molar refractivity (Wildman–Crippen MR) is 130 cm³/mol. The molecule has 33 heavy (non-hydrogen) atoms. The van der Waals surface area contributed by atoms with Crippen LogP contribution < -0.4 is 0 Å². The third kappa shape index (κ3) is 5.29. The van der Waals surface area contributed by atoms with E-state index in [0.717, 1.165) is 28.7 Å². The molecule has 0 aliphatic carbocycles. The van der Waals surface area contributed by atoms with E-state index in [4.69, 9.17) is 0 Å². The van der Waals surface area contributed by atoms with Gasteiger partial charge in [-0.1, -0.05) is 55.5 Å². The van der Waals surface area contributed by atoms with Crippen molar-refractivity contribution in [1.82, 2.24) is 0 Å². The summed E-state index contributed by atoms with van der Waals surface area (Å²) in [5.41, 5.74) is 4.36. The van der Waals surface area contributed by atoms with E-state index in [2.05, 4.69) is 6.92 Å². The molecule has 4 aromatic carbocycles. The summed E-state index contributed by atoms with van der Waals surface area (Å²) >= 11 is 0. The van der Waals surface area contributed by atoms with E-state index >= 15 is 0 Å². The third-order valence-corrected chi connectivity index (χ3v) is 6.38. The Hall–Kier alpha value is -3.92. The smallest absolute Gasteiger partial charge is 0.115 e. The first-order valence-electron chi connectivity index (χ1n) is 11.1. The number of phenolic OH excluding ortho intramolecular Hbond substituents is 4. The van der Waals surface area contributed by atoms with Gasteiger partial charge >= 0.3 is 0 Å². The van der Waals surface area contributed by atoms with Crippen molar-refractivity contribution in [2.75, 3.05) is 0 Å². The lowest BCUT2D eigenvalue weighted by molar-refractivity contribution is 0.455. The van der Waals surface area contributed by atoms with Gasteiger partial charge in [0.2, 0.25) is 0 Å². The van der Waals surface area contributed by atoms with Crippen LogP contribution in [-0.2, 0) is 6.42 Å². The lowest BCUT2D eigenvalue weighted by Crippen LogP contribution is -2.20. The van der Waals surface area contributed by atoms with Gasteiger partial charge < -0.3 is 20.4 Å². The molecular formula is C29H28O4. The standard InChI is InChI=1S/C29H28O4/c1-19(21-4-12-25(31)13-5-21)29(23-8-16-27(33)17-9-23)28(22-6-14-26(32)15-7-22)18-20-2-10-24(30)11-3-20/h2-17,19,28-33H,18H2,1H3. The minimum absolute atomic E-state index is 0.0356. The van der Waals surface area contributed by atoms with Gasteiger partial charge in [0.25, 0.3) is 0 Å². The maximum Gasteiger partial charge on any atom is 0.115 e. The van der Waals surface area contributed by atoms with Gasteiger partial charge in [0.1, 0.15) is 23.0 Å². The molecule has 4 rings (SSSR count). The zero-order valence-electron chi connectivity index (χ0n) is 18.5. The van der Waals surface area contributed by atoms with Crippen molar-refractivity contribution < 1.29 is 20.4 Å². The van der Waals surface area contributed by atoms with Gasteiger partial charge in [-0.15, -0.1) is 0 Å². The van der Waals surface area contributed by atoms with Crippen molar-refractivity contribution in [3.8, 4) is 23.0 Å². The molecule has 4 N–H and O–H groups in total. The number of aromatic hydroxyl groups is 4. The van der Waals surface area contributed by atoms with Crippen LogP contribution in [0.5, 0.6) is 23.0 Å². The van der Waals surface area contributed by atoms with Crippen molar-refractivity contribution in [2.45, 2.75) is 31.1 Å². The Morgan fingerprint density at radius 1 is 0.485 bits per heavy atom. The van der Waals surface area contributed by atoms with Gasteiger partial charge in [-0.3, -0.25) is 0 Å². The molecule has 0 fully saturated rings. The Kier molecular flexibility index (Phi) is 6.55. The second kappa shape index (κ2) is 9.70. The Bertz CT molecular complexity index is 1160. The Labute approximate surface area is 194 Å². The fourth-order valence-electron chi connectivity index (χ4n) is 4.61. The molecule has 0 bridgehead atoms. The first-order chi connectivity index (χ1) is 15.9. The fraction of sp³-hybridized carbons (Fsp3) is 0.172. The SMILES string of the molecule is CC(c1ccc(O)cc1)C(c1ccc(O)cc1)C(Cc1ccc(O)cc1)c1ccc(O)cc1. The van der Waals surface area contributed by atoms with E-state index in [1.807, 2.05) is 48.5 Å². The maximum atomic E-state index is 9.89. The summed E-state index contributed by atoms with van der Waals surface area (Å²) in [5.74, 6) is 1.06. The number of benzene rings is 4. The second-order valence-electron chi connectivity index (χ2n) is 8.57. The van der Waals surface area contributed by atoms with Crippen molar-refractivity contribution >= 4 is 0 Å². The van der Waals surface area contributed by atoms with Crippen LogP contribution in [0.3, 0.4) is 0 Å². The van der Waals surface area contributed by atoms with E-state index in [1.54, 1.807) is 48.5 Å². The molecule has 3 unspecified atom stereocenters. The fourth-order valence-corrected chi connectivity index (χ4v) is 4.61. The van der Waals surface area contributed by atoms with Gasteiger partial charge in [-0.2, -0.15) is 0 Å². The van der Waals surface area contributed by atoms with Crippen LogP contribution in [0.25, 0.3) is 0 Å². The Morgan fingerprint density at radius 2 is 0.848 bits per heavy atom. The van der Waals surface area contributed by atoms with Crippen molar-refractivity contribution in [1.29, 1.82) is 0 Å². The largest absolute Gasteiger partial charge is 0.508 e. The molecule has 4 nitrogen and oxygen atoms in total. The summed E-state index contributed by atoms with van der Waals surface area (Å²) in [5, 5.41) is 39.3. The highest BCUT2D eigenvalue weighted by Gasteiger charge is 2.31. The van der Waals surface area contributed by atoms with Crippen LogP contribution in [0.2, 0.25) is 0 Å². The first-order valence-corrected chi connectivity index (χ1v) is 11.1. The van der Waals surface area contributed by atoms with Crippen molar-refractivity contribution in [3.63, 3.8) is 0 Å². The van der Waals surface area contributed by atoms with Gasteiger partial charge in [-0.05, 0) is 95.0 Å². The third-order valence-electron chi connectivity index (χ3n) is 6.38. The zero-order valence-corrected chi connectivity index (χ0v) is 18.5. The summed E-state index contributed by atoms with van der Waals surface area (Å²) < 4.78 is 0. The van der Waals surface area contributed by atoms with E-state index in [1.165, 1.54) is 0 Å². The van der Waals surface area contributed by atoms with Crippen LogP contribution in [0.1, 0.15) is 46.9 Å².